The van der Waals surface area contributed by atoms with Gasteiger partial charge in [-0.15, -0.1) is 6.58 Å². The molecular weight excluding hydrogens is 370 g/mol. The van der Waals surface area contributed by atoms with Crippen molar-refractivity contribution in [3.8, 4) is 0 Å². The molecule has 1 amide bonds. The fraction of sp³-hybridized carbons (Fsp3) is 0.455. The summed E-state index contributed by atoms with van der Waals surface area (Å²) in [5, 5.41) is 7.76. The van der Waals surface area contributed by atoms with Gasteiger partial charge in [-0.1, -0.05) is 6.08 Å². The zero-order chi connectivity index (χ0) is 21.6. The van der Waals surface area contributed by atoms with Crippen LogP contribution in [-0.2, 0) is 16.1 Å². The van der Waals surface area contributed by atoms with Gasteiger partial charge in [-0.3, -0.25) is 19.1 Å². The van der Waals surface area contributed by atoms with Gasteiger partial charge in [0.1, 0.15) is 17.8 Å². The fourth-order valence-corrected chi connectivity index (χ4v) is 2.91. The van der Waals surface area contributed by atoms with Gasteiger partial charge in [-0.05, 0) is 58.2 Å². The van der Waals surface area contributed by atoms with Crippen LogP contribution in [0.15, 0.2) is 30.9 Å². The first kappa shape index (κ1) is 22.3. The highest BCUT2D eigenvalue weighted by Crippen LogP contribution is 2.21. The number of hydrogen-bond acceptors (Lipinski definition) is 5. The predicted molar refractivity (Wildman–Crippen MR) is 112 cm³/mol. The van der Waals surface area contributed by atoms with Crippen molar-refractivity contribution >= 4 is 28.6 Å². The Kier molecular flexibility index (Phi) is 7.31. The summed E-state index contributed by atoms with van der Waals surface area (Å²) in [6.45, 7) is 10.9. The van der Waals surface area contributed by atoms with E-state index in [1.54, 1.807) is 39.0 Å². The SMILES string of the molecule is C=CCCCCNC(=O)c1ccc2c(C(C)=O)nn(CC(=O)OC(C)(C)C)c2c1. The molecule has 7 nitrogen and oxygen atoms in total. The van der Waals surface area contributed by atoms with Crippen molar-refractivity contribution < 1.29 is 19.1 Å². The van der Waals surface area contributed by atoms with Crippen molar-refractivity contribution in [3.63, 3.8) is 0 Å². The lowest BCUT2D eigenvalue weighted by molar-refractivity contribution is -0.155. The second-order valence-corrected chi connectivity index (χ2v) is 7.92. The number of carbonyl (C=O) groups is 3. The van der Waals surface area contributed by atoms with Crippen molar-refractivity contribution in [2.45, 2.75) is 59.1 Å². The zero-order valence-electron chi connectivity index (χ0n) is 17.6. The molecule has 0 aliphatic carbocycles. The van der Waals surface area contributed by atoms with E-state index in [2.05, 4.69) is 17.0 Å². The molecule has 0 bridgehead atoms. The number of esters is 1. The van der Waals surface area contributed by atoms with Gasteiger partial charge in [-0.2, -0.15) is 5.10 Å². The number of nitrogens with zero attached hydrogens (tertiary/aromatic N) is 2. The fourth-order valence-electron chi connectivity index (χ4n) is 2.91. The van der Waals surface area contributed by atoms with E-state index < -0.39 is 11.6 Å². The molecular formula is C22H29N3O4. The van der Waals surface area contributed by atoms with E-state index >= 15 is 0 Å². The lowest BCUT2D eigenvalue weighted by atomic mass is 10.1. The number of hydrogen-bond donors (Lipinski definition) is 1. The maximum atomic E-state index is 12.5. The molecule has 1 aromatic heterocycles. The number of ketones is 1. The Hall–Kier alpha value is -2.96. The van der Waals surface area contributed by atoms with E-state index in [1.165, 1.54) is 11.6 Å². The first-order valence-electron chi connectivity index (χ1n) is 9.75. The number of carbonyl (C=O) groups excluding carboxylic acids is 3. The highest BCUT2D eigenvalue weighted by atomic mass is 16.6. The summed E-state index contributed by atoms with van der Waals surface area (Å²) in [4.78, 5) is 36.7. The minimum atomic E-state index is -0.625. The van der Waals surface area contributed by atoms with Gasteiger partial charge >= 0.3 is 5.97 Å². The Morgan fingerprint density at radius 2 is 1.97 bits per heavy atom. The van der Waals surface area contributed by atoms with Gasteiger partial charge in [0, 0.05) is 24.4 Å². The summed E-state index contributed by atoms with van der Waals surface area (Å²) in [5.74, 6) is -0.883. The van der Waals surface area contributed by atoms with Crippen LogP contribution in [0.4, 0.5) is 0 Å². The van der Waals surface area contributed by atoms with E-state index in [0.717, 1.165) is 19.3 Å². The molecule has 0 aliphatic rings. The number of fused-ring (bicyclic) bond motifs is 1. The van der Waals surface area contributed by atoms with Crippen molar-refractivity contribution in [2.24, 2.45) is 0 Å². The van der Waals surface area contributed by atoms with Crippen LogP contribution in [0.1, 0.15) is 67.8 Å². The number of benzene rings is 1. The molecule has 29 heavy (non-hydrogen) atoms. The average Bonchev–Trinajstić information content (AvgIpc) is 2.97. The van der Waals surface area contributed by atoms with Crippen molar-refractivity contribution in [2.75, 3.05) is 6.54 Å². The van der Waals surface area contributed by atoms with Crippen LogP contribution in [0.3, 0.4) is 0 Å². The van der Waals surface area contributed by atoms with Crippen LogP contribution < -0.4 is 5.32 Å². The topological polar surface area (TPSA) is 90.3 Å². The Balaban J connectivity index is 2.26. The molecule has 1 aromatic carbocycles. The smallest absolute Gasteiger partial charge is 0.328 e. The highest BCUT2D eigenvalue weighted by molar-refractivity contribution is 6.07. The van der Waals surface area contributed by atoms with Crippen LogP contribution in [0, 0.1) is 0 Å². The number of rotatable bonds is 9. The normalized spacial score (nSPS) is 11.3. The Labute approximate surface area is 171 Å². The first-order valence-corrected chi connectivity index (χ1v) is 9.75. The van der Waals surface area contributed by atoms with Crippen LogP contribution in [0.25, 0.3) is 10.9 Å². The quantitative estimate of drug-likeness (QED) is 0.301. The van der Waals surface area contributed by atoms with Crippen molar-refractivity contribution in [1.29, 1.82) is 0 Å². The average molecular weight is 399 g/mol. The Morgan fingerprint density at radius 3 is 2.59 bits per heavy atom. The molecule has 0 unspecified atom stereocenters. The molecule has 0 saturated carbocycles. The monoisotopic (exact) mass is 399 g/mol. The van der Waals surface area contributed by atoms with Gasteiger partial charge in [0.2, 0.25) is 0 Å². The number of aromatic nitrogens is 2. The Bertz CT molecular complexity index is 922. The molecule has 7 heteroatoms. The number of ether oxygens (including phenoxy) is 1. The molecule has 0 spiro atoms. The summed E-state index contributed by atoms with van der Waals surface area (Å²) in [6.07, 6.45) is 4.60. The number of Topliss-reactive ketones (excluding diaryl/α,β-unsaturated/α-hetero) is 1. The van der Waals surface area contributed by atoms with Gasteiger partial charge < -0.3 is 10.1 Å². The maximum Gasteiger partial charge on any atom is 0.328 e. The Morgan fingerprint density at radius 1 is 1.24 bits per heavy atom. The van der Waals surface area contributed by atoms with E-state index in [4.69, 9.17) is 4.74 Å². The number of unbranched alkanes of at least 4 members (excludes halogenated alkanes) is 2. The summed E-state index contributed by atoms with van der Waals surface area (Å²) < 4.78 is 6.77. The molecule has 156 valence electrons. The van der Waals surface area contributed by atoms with Gasteiger partial charge in [0.15, 0.2) is 5.78 Å². The molecule has 0 atom stereocenters. The molecule has 0 aliphatic heterocycles. The van der Waals surface area contributed by atoms with E-state index in [0.29, 0.717) is 23.0 Å². The van der Waals surface area contributed by atoms with Crippen LogP contribution in [-0.4, -0.2) is 39.6 Å². The first-order chi connectivity index (χ1) is 13.6. The van der Waals surface area contributed by atoms with Crippen LogP contribution >= 0.6 is 0 Å². The third-order valence-corrected chi connectivity index (χ3v) is 4.17. The number of nitrogens with one attached hydrogen (secondary N) is 1. The van der Waals surface area contributed by atoms with Gasteiger partial charge in [-0.25, -0.2) is 0 Å². The predicted octanol–water partition coefficient (Wildman–Crippen LogP) is 3.67. The third kappa shape index (κ3) is 6.27. The minimum Gasteiger partial charge on any atom is -0.459 e. The largest absolute Gasteiger partial charge is 0.459 e. The van der Waals surface area contributed by atoms with Gasteiger partial charge in [0.25, 0.3) is 5.91 Å². The lowest BCUT2D eigenvalue weighted by Gasteiger charge is -2.19. The van der Waals surface area contributed by atoms with E-state index in [1.807, 2.05) is 6.08 Å². The molecule has 1 N–H and O–H groups in total. The molecule has 0 radical (unpaired) electrons. The van der Waals surface area contributed by atoms with E-state index in [-0.39, 0.29) is 23.9 Å². The molecule has 2 rings (SSSR count). The van der Waals surface area contributed by atoms with Crippen LogP contribution in [0.5, 0.6) is 0 Å². The zero-order valence-corrected chi connectivity index (χ0v) is 17.6. The maximum absolute atomic E-state index is 12.5. The van der Waals surface area contributed by atoms with Crippen molar-refractivity contribution in [1.82, 2.24) is 15.1 Å². The second-order valence-electron chi connectivity index (χ2n) is 7.92. The lowest BCUT2D eigenvalue weighted by Crippen LogP contribution is -2.27. The molecule has 0 saturated heterocycles. The second kappa shape index (κ2) is 9.49. The third-order valence-electron chi connectivity index (χ3n) is 4.17. The molecule has 0 fully saturated rings. The summed E-state index contributed by atoms with van der Waals surface area (Å²) in [5.41, 5.74) is 0.627. The standard InChI is InChI=1S/C22H29N3O4/c1-6-7-8-9-12-23-21(28)16-10-11-17-18(13-16)25(24-20(17)15(2)26)14-19(27)29-22(3,4)5/h6,10-11,13H,1,7-9,12,14H2,2-5H3,(H,23,28). The highest BCUT2D eigenvalue weighted by Gasteiger charge is 2.21. The molecule has 2 aromatic rings. The minimum absolute atomic E-state index is 0.145. The van der Waals surface area contributed by atoms with Gasteiger partial charge in [0.05, 0.1) is 5.52 Å². The van der Waals surface area contributed by atoms with Crippen LogP contribution in [0.2, 0.25) is 0 Å². The summed E-state index contributed by atoms with van der Waals surface area (Å²) in [7, 11) is 0. The number of allylic oxidation sites excluding steroid dienone is 1. The number of amides is 1. The van der Waals surface area contributed by atoms with Crippen molar-refractivity contribution in [3.05, 3.63) is 42.1 Å². The summed E-state index contributed by atoms with van der Waals surface area (Å²) >= 11 is 0. The summed E-state index contributed by atoms with van der Waals surface area (Å²) in [6, 6.07) is 5.00. The molecule has 1 heterocycles. The van der Waals surface area contributed by atoms with E-state index in [9.17, 15) is 14.4 Å².